The van der Waals surface area contributed by atoms with E-state index in [0.717, 1.165) is 18.1 Å². The van der Waals surface area contributed by atoms with Crippen molar-refractivity contribution in [1.29, 1.82) is 0 Å². The first-order chi connectivity index (χ1) is 6.77. The van der Waals surface area contributed by atoms with E-state index in [4.69, 9.17) is 0 Å². The lowest BCUT2D eigenvalue weighted by atomic mass is 10.1. The Bertz CT molecular complexity index is 216. The topological polar surface area (TPSA) is 41.1 Å². The van der Waals surface area contributed by atoms with Gasteiger partial charge in [-0.3, -0.25) is 10.1 Å². The van der Waals surface area contributed by atoms with E-state index in [-0.39, 0.29) is 11.9 Å². The van der Waals surface area contributed by atoms with E-state index in [1.54, 1.807) is 11.8 Å². The van der Waals surface area contributed by atoms with Crippen molar-refractivity contribution >= 4 is 17.7 Å². The second kappa shape index (κ2) is 4.53. The van der Waals surface area contributed by atoms with E-state index < -0.39 is 0 Å². The van der Waals surface area contributed by atoms with E-state index in [1.807, 2.05) is 0 Å². The molecule has 0 radical (unpaired) electrons. The van der Waals surface area contributed by atoms with Gasteiger partial charge in [-0.25, -0.2) is 0 Å². The molecule has 3 atom stereocenters. The molecule has 0 bridgehead atoms. The first kappa shape index (κ1) is 10.3. The molecule has 2 aliphatic rings. The Balaban J connectivity index is 1.81. The monoisotopic (exact) mass is 214 g/mol. The van der Waals surface area contributed by atoms with Gasteiger partial charge in [0.25, 0.3) is 0 Å². The van der Waals surface area contributed by atoms with Crippen molar-refractivity contribution in [3.8, 4) is 0 Å². The maximum atomic E-state index is 11.8. The normalized spacial score (nSPS) is 37.4. The molecule has 4 heteroatoms. The van der Waals surface area contributed by atoms with E-state index in [0.29, 0.717) is 12.0 Å². The minimum atomic E-state index is 0.0489. The van der Waals surface area contributed by atoms with Gasteiger partial charge >= 0.3 is 0 Å². The fourth-order valence-corrected chi connectivity index (χ4v) is 3.15. The van der Waals surface area contributed by atoms with Crippen LogP contribution in [0.2, 0.25) is 0 Å². The Morgan fingerprint density at radius 1 is 1.50 bits per heavy atom. The van der Waals surface area contributed by atoms with E-state index in [1.165, 1.54) is 12.8 Å². The van der Waals surface area contributed by atoms with Crippen LogP contribution in [0.3, 0.4) is 0 Å². The third kappa shape index (κ3) is 2.23. The molecule has 1 aliphatic carbocycles. The van der Waals surface area contributed by atoms with Crippen molar-refractivity contribution in [2.24, 2.45) is 5.92 Å². The lowest BCUT2D eigenvalue weighted by molar-refractivity contribution is -0.123. The Hall–Kier alpha value is -0.220. The summed E-state index contributed by atoms with van der Waals surface area (Å²) in [5, 5.41) is 6.35. The van der Waals surface area contributed by atoms with Gasteiger partial charge in [0.2, 0.25) is 5.91 Å². The van der Waals surface area contributed by atoms with E-state index >= 15 is 0 Å². The fraction of sp³-hybridized carbons (Fsp3) is 0.900. The Kier molecular flexibility index (Phi) is 3.34. The number of rotatable bonds is 2. The average molecular weight is 214 g/mol. The Morgan fingerprint density at radius 3 is 2.93 bits per heavy atom. The van der Waals surface area contributed by atoms with Crippen LogP contribution < -0.4 is 10.6 Å². The van der Waals surface area contributed by atoms with Gasteiger partial charge in [-0.2, -0.15) is 0 Å². The van der Waals surface area contributed by atoms with Crippen molar-refractivity contribution in [1.82, 2.24) is 10.6 Å². The van der Waals surface area contributed by atoms with Gasteiger partial charge in [-0.05, 0) is 18.8 Å². The minimum absolute atomic E-state index is 0.0489. The zero-order valence-corrected chi connectivity index (χ0v) is 9.40. The summed E-state index contributed by atoms with van der Waals surface area (Å²) in [6.45, 7) is 2.23. The van der Waals surface area contributed by atoms with Crippen molar-refractivity contribution in [3.05, 3.63) is 0 Å². The summed E-state index contributed by atoms with van der Waals surface area (Å²) in [6, 6.07) is 0.475. The van der Waals surface area contributed by atoms with E-state index in [2.05, 4.69) is 17.6 Å². The largest absolute Gasteiger partial charge is 0.352 e. The van der Waals surface area contributed by atoms with Crippen LogP contribution in [0.4, 0.5) is 0 Å². The van der Waals surface area contributed by atoms with Gasteiger partial charge in [0.15, 0.2) is 0 Å². The number of thioether (sulfide) groups is 1. The highest BCUT2D eigenvalue weighted by atomic mass is 32.2. The number of carbonyl (C=O) groups excluding carboxylic acids is 1. The van der Waals surface area contributed by atoms with E-state index in [9.17, 15) is 4.79 Å². The average Bonchev–Trinajstić information content (AvgIpc) is 2.77. The summed E-state index contributed by atoms with van der Waals surface area (Å²) < 4.78 is 0. The van der Waals surface area contributed by atoms with Crippen molar-refractivity contribution in [2.75, 3.05) is 11.6 Å². The molecule has 0 aromatic carbocycles. The SMILES string of the molecule is CC1CCCC1NC(=O)[C@H]1CSCN1. The lowest BCUT2D eigenvalue weighted by Crippen LogP contribution is -2.47. The second-order valence-electron chi connectivity index (χ2n) is 4.30. The highest BCUT2D eigenvalue weighted by molar-refractivity contribution is 7.99. The summed E-state index contributed by atoms with van der Waals surface area (Å²) in [5.41, 5.74) is 0. The third-order valence-electron chi connectivity index (χ3n) is 3.22. The minimum Gasteiger partial charge on any atom is -0.352 e. The molecule has 0 spiro atoms. The van der Waals surface area contributed by atoms with Gasteiger partial charge in [0.1, 0.15) is 0 Å². The first-order valence-electron chi connectivity index (χ1n) is 5.39. The summed E-state index contributed by atoms with van der Waals surface area (Å²) in [4.78, 5) is 11.8. The molecule has 1 saturated carbocycles. The van der Waals surface area contributed by atoms with Gasteiger partial charge in [-0.15, -0.1) is 11.8 Å². The summed E-state index contributed by atoms with van der Waals surface area (Å²) in [5.74, 6) is 2.70. The molecule has 2 N–H and O–H groups in total. The van der Waals surface area contributed by atoms with Crippen LogP contribution in [0, 0.1) is 5.92 Å². The molecule has 2 rings (SSSR count). The third-order valence-corrected chi connectivity index (χ3v) is 4.16. The van der Waals surface area contributed by atoms with Gasteiger partial charge in [0.05, 0.1) is 6.04 Å². The smallest absolute Gasteiger partial charge is 0.238 e. The van der Waals surface area contributed by atoms with Crippen LogP contribution in [0.5, 0.6) is 0 Å². The van der Waals surface area contributed by atoms with Crippen LogP contribution in [-0.4, -0.2) is 29.6 Å². The number of nitrogens with one attached hydrogen (secondary N) is 2. The molecule has 1 heterocycles. The number of carbonyl (C=O) groups is 1. The quantitative estimate of drug-likeness (QED) is 0.719. The summed E-state index contributed by atoms with van der Waals surface area (Å²) in [7, 11) is 0. The number of hydrogen-bond donors (Lipinski definition) is 2. The molecule has 2 fully saturated rings. The highest BCUT2D eigenvalue weighted by Crippen LogP contribution is 2.25. The maximum absolute atomic E-state index is 11.8. The van der Waals surface area contributed by atoms with Gasteiger partial charge in [0, 0.05) is 17.7 Å². The zero-order valence-electron chi connectivity index (χ0n) is 8.58. The molecule has 14 heavy (non-hydrogen) atoms. The fourth-order valence-electron chi connectivity index (χ4n) is 2.21. The van der Waals surface area contributed by atoms with Crippen LogP contribution in [0.1, 0.15) is 26.2 Å². The predicted octanol–water partition coefficient (Wildman–Crippen LogP) is 0.954. The highest BCUT2D eigenvalue weighted by Gasteiger charge is 2.29. The molecule has 0 aromatic rings. The van der Waals surface area contributed by atoms with Crippen molar-refractivity contribution in [3.63, 3.8) is 0 Å². The van der Waals surface area contributed by atoms with Crippen molar-refractivity contribution < 1.29 is 4.79 Å². The lowest BCUT2D eigenvalue weighted by Gasteiger charge is -2.19. The number of amides is 1. The molecule has 1 saturated heterocycles. The second-order valence-corrected chi connectivity index (χ2v) is 5.33. The Labute approximate surface area is 89.4 Å². The van der Waals surface area contributed by atoms with Crippen LogP contribution in [0.25, 0.3) is 0 Å². The number of hydrogen-bond acceptors (Lipinski definition) is 3. The summed E-state index contributed by atoms with van der Waals surface area (Å²) >= 11 is 1.80. The predicted molar refractivity (Wildman–Crippen MR) is 59.2 cm³/mol. The molecule has 2 unspecified atom stereocenters. The zero-order chi connectivity index (χ0) is 9.97. The standard InChI is InChI=1S/C10H18N2OS/c1-7-3-2-4-8(7)12-10(13)9-5-14-6-11-9/h7-9,11H,2-6H2,1H3,(H,12,13)/t7?,8?,9-/m1/s1. The van der Waals surface area contributed by atoms with Gasteiger partial charge < -0.3 is 5.32 Å². The molecule has 1 aliphatic heterocycles. The maximum Gasteiger partial charge on any atom is 0.238 e. The summed E-state index contributed by atoms with van der Waals surface area (Å²) in [6.07, 6.45) is 3.68. The van der Waals surface area contributed by atoms with Crippen molar-refractivity contribution in [2.45, 2.75) is 38.3 Å². The molecule has 3 nitrogen and oxygen atoms in total. The molecule has 1 amide bonds. The van der Waals surface area contributed by atoms with Crippen LogP contribution >= 0.6 is 11.8 Å². The Morgan fingerprint density at radius 2 is 2.36 bits per heavy atom. The molecular formula is C10H18N2OS. The molecular weight excluding hydrogens is 196 g/mol. The first-order valence-corrected chi connectivity index (χ1v) is 6.54. The van der Waals surface area contributed by atoms with Crippen LogP contribution in [0.15, 0.2) is 0 Å². The van der Waals surface area contributed by atoms with Gasteiger partial charge in [-0.1, -0.05) is 13.3 Å². The molecule has 0 aromatic heterocycles. The molecule has 80 valence electrons. The van der Waals surface area contributed by atoms with Crippen LogP contribution in [-0.2, 0) is 4.79 Å².